The maximum absolute atomic E-state index is 10.4. The number of hydrogen-bond donors (Lipinski definition) is 1. The molecular formula is C6H11NO3. The smallest absolute Gasteiger partial charge is 0.374 e. The maximum atomic E-state index is 10.4. The monoisotopic (exact) mass is 145 g/mol. The summed E-state index contributed by atoms with van der Waals surface area (Å²) in [5.74, 6) is -1.33. The first kappa shape index (κ1) is 9.10. The quantitative estimate of drug-likeness (QED) is 0.324. The number of nitrogens with one attached hydrogen (secondary N) is 1. The number of ether oxygens (including phenoxy) is 1. The van der Waals surface area contributed by atoms with Crippen molar-refractivity contribution >= 4 is 11.8 Å². The summed E-state index contributed by atoms with van der Waals surface area (Å²) in [4.78, 5) is 20.7. The lowest BCUT2D eigenvalue weighted by molar-refractivity contribution is -0.152. The van der Waals surface area contributed by atoms with Crippen LogP contribution >= 0.6 is 0 Å². The minimum atomic E-state index is -0.768. The molecule has 0 aromatic heterocycles. The second-order valence-electron chi connectivity index (χ2n) is 1.80. The van der Waals surface area contributed by atoms with Gasteiger partial charge in [0.25, 0.3) is 0 Å². The van der Waals surface area contributed by atoms with Gasteiger partial charge in [-0.15, -0.1) is 0 Å². The molecule has 4 nitrogen and oxygen atoms in total. The summed E-state index contributed by atoms with van der Waals surface area (Å²) in [6, 6.07) is 0. The van der Waals surface area contributed by atoms with Gasteiger partial charge in [0.05, 0.1) is 0 Å². The van der Waals surface area contributed by atoms with Gasteiger partial charge in [0.1, 0.15) is 6.61 Å². The Morgan fingerprint density at radius 1 is 1.50 bits per heavy atom. The van der Waals surface area contributed by atoms with Crippen LogP contribution in [0.15, 0.2) is 0 Å². The van der Waals surface area contributed by atoms with Crippen molar-refractivity contribution in [2.45, 2.75) is 6.92 Å². The van der Waals surface area contributed by atoms with E-state index in [1.807, 2.05) is 0 Å². The van der Waals surface area contributed by atoms with Crippen LogP contribution in [-0.2, 0) is 14.3 Å². The molecule has 0 aliphatic carbocycles. The largest absolute Gasteiger partial charge is 0.459 e. The van der Waals surface area contributed by atoms with Crippen LogP contribution in [0.25, 0.3) is 0 Å². The SMILES string of the molecule is CNCCOC(=O)C(C)=O. The Morgan fingerprint density at radius 3 is 2.50 bits per heavy atom. The molecule has 0 radical (unpaired) electrons. The average Bonchev–Trinajstić information content (AvgIpc) is 1.88. The van der Waals surface area contributed by atoms with E-state index in [-0.39, 0.29) is 6.61 Å². The summed E-state index contributed by atoms with van der Waals surface area (Å²) in [5.41, 5.74) is 0. The molecule has 1 N–H and O–H groups in total. The van der Waals surface area contributed by atoms with Crippen molar-refractivity contribution in [1.82, 2.24) is 5.32 Å². The molecule has 0 amide bonds. The number of carbonyl (C=O) groups excluding carboxylic acids is 2. The Bertz CT molecular complexity index is 133. The standard InChI is InChI=1S/C6H11NO3/c1-5(8)6(9)10-4-3-7-2/h7H,3-4H2,1-2H3. The maximum Gasteiger partial charge on any atom is 0.374 e. The fraction of sp³-hybridized carbons (Fsp3) is 0.667. The van der Waals surface area contributed by atoms with Gasteiger partial charge in [-0.25, -0.2) is 4.79 Å². The lowest BCUT2D eigenvalue weighted by atomic mass is 10.5. The van der Waals surface area contributed by atoms with E-state index in [4.69, 9.17) is 0 Å². The molecule has 0 heterocycles. The fourth-order valence-electron chi connectivity index (χ4n) is 0.347. The highest BCUT2D eigenvalue weighted by Gasteiger charge is 2.06. The zero-order chi connectivity index (χ0) is 7.98. The van der Waals surface area contributed by atoms with Crippen LogP contribution in [0.1, 0.15) is 6.92 Å². The number of likely N-dealkylation sites (N-methyl/N-ethyl adjacent to an activating group) is 1. The molecular weight excluding hydrogens is 134 g/mol. The van der Waals surface area contributed by atoms with Gasteiger partial charge in [-0.1, -0.05) is 0 Å². The van der Waals surface area contributed by atoms with Gasteiger partial charge in [-0.05, 0) is 7.05 Å². The molecule has 0 aliphatic heterocycles. The summed E-state index contributed by atoms with van der Waals surface area (Å²) < 4.78 is 4.49. The highest BCUT2D eigenvalue weighted by atomic mass is 16.5. The van der Waals surface area contributed by atoms with Gasteiger partial charge in [0, 0.05) is 13.5 Å². The van der Waals surface area contributed by atoms with Crippen LogP contribution < -0.4 is 5.32 Å². The van der Waals surface area contributed by atoms with Gasteiger partial charge in [0.2, 0.25) is 5.78 Å². The van der Waals surface area contributed by atoms with E-state index >= 15 is 0 Å². The van der Waals surface area contributed by atoms with Crippen molar-refractivity contribution in [3.05, 3.63) is 0 Å². The number of ketones is 1. The minimum absolute atomic E-state index is 0.245. The first-order valence-electron chi connectivity index (χ1n) is 3.00. The molecule has 0 saturated heterocycles. The van der Waals surface area contributed by atoms with Crippen LogP contribution in [-0.4, -0.2) is 32.0 Å². The molecule has 0 aromatic rings. The number of esters is 1. The summed E-state index contributed by atoms with van der Waals surface area (Å²) in [5, 5.41) is 2.77. The van der Waals surface area contributed by atoms with E-state index < -0.39 is 11.8 Å². The van der Waals surface area contributed by atoms with Crippen molar-refractivity contribution in [3.8, 4) is 0 Å². The molecule has 10 heavy (non-hydrogen) atoms. The molecule has 0 rings (SSSR count). The number of rotatable bonds is 4. The Kier molecular flexibility index (Phi) is 4.49. The predicted octanol–water partition coefficient (Wildman–Crippen LogP) is -0.662. The minimum Gasteiger partial charge on any atom is -0.459 e. The molecule has 58 valence electrons. The van der Waals surface area contributed by atoms with Crippen molar-refractivity contribution in [2.24, 2.45) is 0 Å². The Morgan fingerprint density at radius 2 is 2.10 bits per heavy atom. The van der Waals surface area contributed by atoms with E-state index in [0.29, 0.717) is 6.54 Å². The molecule has 0 aliphatic rings. The van der Waals surface area contributed by atoms with E-state index in [9.17, 15) is 9.59 Å². The molecule has 0 unspecified atom stereocenters. The van der Waals surface area contributed by atoms with Crippen molar-refractivity contribution in [3.63, 3.8) is 0 Å². The number of Topliss-reactive ketones (excluding diaryl/α,β-unsaturated/α-hetero) is 1. The van der Waals surface area contributed by atoms with Gasteiger partial charge < -0.3 is 10.1 Å². The van der Waals surface area contributed by atoms with Crippen LogP contribution in [0.3, 0.4) is 0 Å². The lowest BCUT2D eigenvalue weighted by Gasteiger charge is -1.99. The fourth-order valence-corrected chi connectivity index (χ4v) is 0.347. The second-order valence-corrected chi connectivity index (χ2v) is 1.80. The second kappa shape index (κ2) is 4.93. The topological polar surface area (TPSA) is 55.4 Å². The van der Waals surface area contributed by atoms with E-state index in [0.717, 1.165) is 0 Å². The van der Waals surface area contributed by atoms with Crippen LogP contribution in [0.2, 0.25) is 0 Å². The Hall–Kier alpha value is -0.900. The average molecular weight is 145 g/mol. The molecule has 0 fully saturated rings. The molecule has 0 aromatic carbocycles. The zero-order valence-corrected chi connectivity index (χ0v) is 6.14. The van der Waals surface area contributed by atoms with E-state index in [2.05, 4.69) is 10.1 Å². The van der Waals surface area contributed by atoms with E-state index in [1.54, 1.807) is 7.05 Å². The Balaban J connectivity index is 3.31. The van der Waals surface area contributed by atoms with Gasteiger partial charge in [-0.3, -0.25) is 4.79 Å². The first-order chi connectivity index (χ1) is 4.68. The van der Waals surface area contributed by atoms with Gasteiger partial charge in [0.15, 0.2) is 0 Å². The zero-order valence-electron chi connectivity index (χ0n) is 6.14. The Labute approximate surface area is 59.6 Å². The highest BCUT2D eigenvalue weighted by Crippen LogP contribution is 1.78. The molecule has 0 atom stereocenters. The summed E-state index contributed by atoms with van der Waals surface area (Å²) in [6.07, 6.45) is 0. The molecule has 0 spiro atoms. The summed E-state index contributed by atoms with van der Waals surface area (Å²) >= 11 is 0. The third kappa shape index (κ3) is 4.03. The summed E-state index contributed by atoms with van der Waals surface area (Å²) in [6.45, 7) is 2.00. The van der Waals surface area contributed by atoms with Gasteiger partial charge >= 0.3 is 5.97 Å². The summed E-state index contributed by atoms with van der Waals surface area (Å²) in [7, 11) is 1.74. The van der Waals surface area contributed by atoms with Gasteiger partial charge in [-0.2, -0.15) is 0 Å². The van der Waals surface area contributed by atoms with Crippen molar-refractivity contribution in [2.75, 3.05) is 20.2 Å². The van der Waals surface area contributed by atoms with Crippen molar-refractivity contribution < 1.29 is 14.3 Å². The first-order valence-corrected chi connectivity index (χ1v) is 3.00. The number of carbonyl (C=O) groups is 2. The normalized spacial score (nSPS) is 9.00. The third-order valence-corrected chi connectivity index (χ3v) is 0.873. The predicted molar refractivity (Wildman–Crippen MR) is 35.6 cm³/mol. The third-order valence-electron chi connectivity index (χ3n) is 0.873. The van der Waals surface area contributed by atoms with Crippen LogP contribution in [0.4, 0.5) is 0 Å². The van der Waals surface area contributed by atoms with Crippen molar-refractivity contribution in [1.29, 1.82) is 0 Å². The molecule has 0 saturated carbocycles. The lowest BCUT2D eigenvalue weighted by Crippen LogP contribution is -2.20. The molecule has 0 bridgehead atoms. The number of hydrogen-bond acceptors (Lipinski definition) is 4. The highest BCUT2D eigenvalue weighted by molar-refractivity contribution is 6.32. The van der Waals surface area contributed by atoms with Crippen LogP contribution in [0, 0.1) is 0 Å². The molecule has 4 heteroatoms. The van der Waals surface area contributed by atoms with E-state index in [1.165, 1.54) is 6.92 Å². The van der Waals surface area contributed by atoms with Crippen LogP contribution in [0.5, 0.6) is 0 Å².